The average molecular weight is 626 g/mol. The van der Waals surface area contributed by atoms with Crippen LogP contribution >= 0.6 is 19.5 Å². The van der Waals surface area contributed by atoms with Crippen LogP contribution in [0.2, 0.25) is 0 Å². The van der Waals surface area contributed by atoms with Gasteiger partial charge in [0.05, 0.1) is 37.4 Å². The number of carbonyl (C=O) groups excluding carboxylic acids is 4. The molecule has 0 rings (SSSR count). The first kappa shape index (κ1) is 39.2. The number of methoxy groups -OCH3 is 1. The second kappa shape index (κ2) is 21.0. The van der Waals surface area contributed by atoms with Crippen LogP contribution in [-0.4, -0.2) is 99.4 Å². The Kier molecular flexibility index (Phi) is 20.1. The van der Waals surface area contributed by atoms with Crippen molar-refractivity contribution in [1.29, 1.82) is 0 Å². The summed E-state index contributed by atoms with van der Waals surface area (Å²) in [4.78, 5) is 48.9. The fourth-order valence-corrected chi connectivity index (χ4v) is 5.33. The summed E-state index contributed by atoms with van der Waals surface area (Å²) in [5.41, 5.74) is -0.704. The lowest BCUT2D eigenvalue weighted by Crippen LogP contribution is -2.36. The van der Waals surface area contributed by atoms with Gasteiger partial charge in [-0.25, -0.2) is 9.65 Å². The molecule has 2 N–H and O–H groups in total. The van der Waals surface area contributed by atoms with Crippen LogP contribution in [-0.2, 0) is 47.0 Å². The van der Waals surface area contributed by atoms with E-state index in [1.165, 1.54) is 38.3 Å². The Labute approximate surface area is 248 Å². The molecule has 0 aromatic heterocycles. The van der Waals surface area contributed by atoms with Crippen LogP contribution in [0.3, 0.4) is 0 Å². The summed E-state index contributed by atoms with van der Waals surface area (Å²) in [7, 11) is -1.18. The number of hydrogen-bond acceptors (Lipinski definition) is 11. The normalized spacial score (nSPS) is 14.9. The first-order chi connectivity index (χ1) is 19.2. The smallest absolute Gasteiger partial charge is 0.406 e. The van der Waals surface area contributed by atoms with Crippen molar-refractivity contribution in [3.8, 4) is 0 Å². The monoisotopic (exact) mass is 625 g/mol. The number of carbonyl (C=O) groups is 4. The lowest BCUT2D eigenvalue weighted by molar-refractivity contribution is -0.149. The molecule has 0 aliphatic heterocycles. The minimum atomic E-state index is -4.08. The quantitative estimate of drug-likeness (QED) is 0.0563. The third-order valence-electron chi connectivity index (χ3n) is 5.27. The predicted molar refractivity (Wildman–Crippen MR) is 157 cm³/mol. The van der Waals surface area contributed by atoms with E-state index in [9.17, 15) is 23.7 Å². The zero-order chi connectivity index (χ0) is 31.5. The first-order valence-electron chi connectivity index (χ1n) is 13.5. The van der Waals surface area contributed by atoms with Crippen LogP contribution in [0, 0.1) is 5.41 Å². The highest BCUT2D eigenvalue weighted by molar-refractivity contribution is 8.13. The van der Waals surface area contributed by atoms with Gasteiger partial charge in [0.25, 0.3) is 0 Å². The number of likely N-dealkylation sites (N-methyl/N-ethyl adjacent to an activating group) is 1. The predicted octanol–water partition coefficient (Wildman–Crippen LogP) is 2.89. The Balaban J connectivity index is 5.26. The van der Waals surface area contributed by atoms with E-state index in [0.29, 0.717) is 13.0 Å². The van der Waals surface area contributed by atoms with Crippen molar-refractivity contribution in [3.05, 3.63) is 12.3 Å². The zero-order valence-corrected chi connectivity index (χ0v) is 27.2. The van der Waals surface area contributed by atoms with Gasteiger partial charge in [-0.05, 0) is 47.5 Å². The summed E-state index contributed by atoms with van der Waals surface area (Å²) in [5.74, 6) is -0.820. The number of amides is 2. The van der Waals surface area contributed by atoms with E-state index in [2.05, 4.69) is 10.4 Å². The molecule has 0 aliphatic carbocycles. The Morgan fingerprint density at radius 1 is 1.12 bits per heavy atom. The minimum absolute atomic E-state index is 0.0977. The van der Waals surface area contributed by atoms with E-state index in [1.54, 1.807) is 27.7 Å². The molecule has 15 heteroatoms. The maximum atomic E-state index is 13.6. The second-order valence-electron chi connectivity index (χ2n) is 9.95. The van der Waals surface area contributed by atoms with E-state index in [-0.39, 0.29) is 55.7 Å². The first-order valence-corrected chi connectivity index (χ1v) is 16.0. The SMILES string of the molecule is CCCOCC(C)(C)C(=O)SCCOP(=O)(NC(C)C(=O)OC(C)C)OCC(CCN(C=O)/C=C\C(=O)NC)OC. The maximum absolute atomic E-state index is 13.6. The third-order valence-corrected chi connectivity index (χ3v) is 8.17. The number of esters is 1. The molecule has 0 spiro atoms. The molecule has 3 unspecified atom stereocenters. The molecule has 13 nitrogen and oxygen atoms in total. The van der Waals surface area contributed by atoms with E-state index >= 15 is 0 Å². The summed E-state index contributed by atoms with van der Waals surface area (Å²) in [6.07, 6.45) is 3.23. The molecule has 0 heterocycles. The molecule has 41 heavy (non-hydrogen) atoms. The molecule has 0 aliphatic rings. The van der Waals surface area contributed by atoms with Crippen LogP contribution in [0.15, 0.2) is 12.3 Å². The highest BCUT2D eigenvalue weighted by Crippen LogP contribution is 2.45. The van der Waals surface area contributed by atoms with Crippen LogP contribution in [0.5, 0.6) is 0 Å². The van der Waals surface area contributed by atoms with Crippen molar-refractivity contribution in [2.45, 2.75) is 72.6 Å². The molecule has 0 aromatic carbocycles. The van der Waals surface area contributed by atoms with Crippen LogP contribution < -0.4 is 10.4 Å². The molecule has 0 aromatic rings. The maximum Gasteiger partial charge on any atom is 0.406 e. The molecular weight excluding hydrogens is 577 g/mol. The van der Waals surface area contributed by atoms with Crippen molar-refractivity contribution in [3.63, 3.8) is 0 Å². The molecule has 0 bridgehead atoms. The Morgan fingerprint density at radius 2 is 1.80 bits per heavy atom. The molecule has 0 radical (unpaired) electrons. The Morgan fingerprint density at radius 3 is 2.37 bits per heavy atom. The molecule has 3 atom stereocenters. The molecule has 238 valence electrons. The lowest BCUT2D eigenvalue weighted by atomic mass is 9.97. The Bertz CT molecular complexity index is 888. The highest BCUT2D eigenvalue weighted by Gasteiger charge is 2.33. The van der Waals surface area contributed by atoms with E-state index in [1.807, 2.05) is 6.92 Å². The molecule has 0 fully saturated rings. The van der Waals surface area contributed by atoms with E-state index < -0.39 is 31.3 Å². The van der Waals surface area contributed by atoms with Crippen molar-refractivity contribution in [2.24, 2.45) is 5.41 Å². The van der Waals surface area contributed by atoms with Crippen LogP contribution in [0.1, 0.15) is 54.4 Å². The lowest BCUT2D eigenvalue weighted by Gasteiger charge is -2.25. The molecular formula is C26H48N3O10PS. The Hall–Kier alpha value is -1.80. The molecule has 2 amide bonds. The van der Waals surface area contributed by atoms with Crippen molar-refractivity contribution < 1.29 is 47.0 Å². The number of thioether (sulfide) groups is 1. The van der Waals surface area contributed by atoms with Gasteiger partial charge in [-0.15, -0.1) is 0 Å². The molecule has 0 saturated carbocycles. The average Bonchev–Trinajstić information content (AvgIpc) is 2.91. The number of ether oxygens (including phenoxy) is 3. The number of hydrogen-bond donors (Lipinski definition) is 2. The van der Waals surface area contributed by atoms with Gasteiger partial charge in [-0.2, -0.15) is 0 Å². The summed E-state index contributed by atoms with van der Waals surface area (Å²) in [6, 6.07) is -1.02. The van der Waals surface area contributed by atoms with Gasteiger partial charge < -0.3 is 24.4 Å². The number of rotatable bonds is 23. The van der Waals surface area contributed by atoms with Crippen molar-refractivity contribution >= 4 is 42.9 Å². The summed E-state index contributed by atoms with van der Waals surface area (Å²) >= 11 is 1.03. The van der Waals surface area contributed by atoms with Gasteiger partial charge in [0, 0.05) is 45.3 Å². The fourth-order valence-electron chi connectivity index (χ4n) is 2.91. The molecule has 0 saturated heterocycles. The number of nitrogens with zero attached hydrogens (tertiary/aromatic N) is 1. The minimum Gasteiger partial charge on any atom is -0.462 e. The zero-order valence-electron chi connectivity index (χ0n) is 25.5. The van der Waals surface area contributed by atoms with Crippen molar-refractivity contribution in [1.82, 2.24) is 15.3 Å². The number of nitrogens with one attached hydrogen (secondary N) is 2. The van der Waals surface area contributed by atoms with Gasteiger partial charge in [0.1, 0.15) is 6.04 Å². The van der Waals surface area contributed by atoms with Gasteiger partial charge in [0.15, 0.2) is 5.12 Å². The highest BCUT2D eigenvalue weighted by atomic mass is 32.2. The van der Waals surface area contributed by atoms with E-state index in [0.717, 1.165) is 18.2 Å². The standard InChI is InChI=1S/C26H48N3O10PS/c1-9-14-36-18-26(5,6)25(33)41-16-15-37-40(34,28-21(4)24(32)39-20(2)3)38-17-22(35-8)10-12-29(19-30)13-11-23(31)27-7/h11,13,19-22H,9-10,12,14-18H2,1-8H3,(H,27,31)(H,28,34)/b13-11-. The van der Waals surface area contributed by atoms with Gasteiger partial charge in [-0.3, -0.25) is 28.2 Å². The topological polar surface area (TPSA) is 159 Å². The summed E-state index contributed by atoms with van der Waals surface area (Å²) in [6.45, 7) is 11.1. The van der Waals surface area contributed by atoms with Gasteiger partial charge in [0.2, 0.25) is 12.3 Å². The van der Waals surface area contributed by atoms with Gasteiger partial charge >= 0.3 is 13.7 Å². The van der Waals surface area contributed by atoms with E-state index in [4.69, 9.17) is 23.3 Å². The summed E-state index contributed by atoms with van der Waals surface area (Å²) in [5, 5.41) is 4.90. The second-order valence-corrected chi connectivity index (χ2v) is 12.8. The largest absolute Gasteiger partial charge is 0.462 e. The fraction of sp³-hybridized carbons (Fsp3) is 0.769. The third kappa shape index (κ3) is 17.7. The van der Waals surface area contributed by atoms with Crippen LogP contribution in [0.25, 0.3) is 0 Å². The van der Waals surface area contributed by atoms with Gasteiger partial charge in [-0.1, -0.05) is 18.7 Å². The summed E-state index contributed by atoms with van der Waals surface area (Å²) < 4.78 is 40.9. The van der Waals surface area contributed by atoms with Crippen molar-refractivity contribution in [2.75, 3.05) is 52.9 Å². The van der Waals surface area contributed by atoms with Crippen LogP contribution in [0.4, 0.5) is 0 Å².